The number of nitrogens with zero attached hydrogens (tertiary/aromatic N) is 2. The van der Waals surface area contributed by atoms with E-state index in [0.29, 0.717) is 28.8 Å². The zero-order chi connectivity index (χ0) is 13.1. The van der Waals surface area contributed by atoms with Crippen molar-refractivity contribution < 1.29 is 4.92 Å². The molecule has 0 spiro atoms. The van der Waals surface area contributed by atoms with Gasteiger partial charge in [-0.3, -0.25) is 10.1 Å². The molecule has 0 saturated heterocycles. The lowest BCUT2D eigenvalue weighted by Crippen LogP contribution is -2.14. The Labute approximate surface area is 115 Å². The van der Waals surface area contributed by atoms with Crippen molar-refractivity contribution in [3.05, 3.63) is 27.4 Å². The summed E-state index contributed by atoms with van der Waals surface area (Å²) in [5, 5.41) is 14.6. The second-order valence-corrected chi connectivity index (χ2v) is 6.30. The van der Waals surface area contributed by atoms with Crippen molar-refractivity contribution >= 4 is 23.1 Å². The van der Waals surface area contributed by atoms with Gasteiger partial charge in [0, 0.05) is 12.1 Å². The maximum atomic E-state index is 11.0. The minimum Gasteiger partial charge on any atom is -0.361 e. The van der Waals surface area contributed by atoms with Gasteiger partial charge >= 0.3 is 5.69 Å². The number of aromatic nitrogens is 1. The summed E-state index contributed by atoms with van der Waals surface area (Å²) in [6.45, 7) is 0. The number of halogens is 1. The molecule has 1 aromatic heterocycles. The summed E-state index contributed by atoms with van der Waals surface area (Å²) in [5.74, 6) is 3.39. The third-order valence-electron chi connectivity index (χ3n) is 5.08. The van der Waals surface area contributed by atoms with Crippen LogP contribution in [-0.4, -0.2) is 15.9 Å². The molecule has 0 aliphatic heterocycles. The molecule has 1 aromatic rings. The molecule has 5 nitrogen and oxygen atoms in total. The van der Waals surface area contributed by atoms with E-state index in [-0.39, 0.29) is 5.69 Å². The molecule has 3 aliphatic carbocycles. The van der Waals surface area contributed by atoms with Crippen LogP contribution in [-0.2, 0) is 0 Å². The van der Waals surface area contributed by atoms with E-state index in [4.69, 9.17) is 11.6 Å². The fraction of sp³-hybridized carbons (Fsp3) is 0.615. The van der Waals surface area contributed by atoms with E-state index in [1.807, 2.05) is 0 Å². The standard InChI is InChI=1S/C13H14ClN3O2/c14-9-4-3-8(17(18)19)13(15-9)16-12-10-6-1-2-7(5-6)11(10)12/h3-4,6-7,10-12H,1-2,5H2,(H,15,16). The molecule has 4 unspecified atom stereocenters. The molecule has 2 bridgehead atoms. The van der Waals surface area contributed by atoms with Gasteiger partial charge in [0.25, 0.3) is 0 Å². The number of nitrogens with one attached hydrogen (secondary N) is 1. The van der Waals surface area contributed by atoms with E-state index in [2.05, 4.69) is 10.3 Å². The van der Waals surface area contributed by atoms with Crippen LogP contribution in [0, 0.1) is 33.8 Å². The maximum absolute atomic E-state index is 11.0. The Morgan fingerprint density at radius 2 is 2.00 bits per heavy atom. The topological polar surface area (TPSA) is 68.1 Å². The van der Waals surface area contributed by atoms with E-state index in [9.17, 15) is 10.1 Å². The molecule has 1 heterocycles. The van der Waals surface area contributed by atoms with Crippen molar-refractivity contribution in [2.45, 2.75) is 25.3 Å². The highest BCUT2D eigenvalue weighted by atomic mass is 35.5. The maximum Gasteiger partial charge on any atom is 0.311 e. The Bertz CT molecular complexity index is 549. The van der Waals surface area contributed by atoms with Gasteiger partial charge in [0.15, 0.2) is 0 Å². The molecule has 1 N–H and O–H groups in total. The Balaban J connectivity index is 1.58. The molecule has 0 amide bonds. The van der Waals surface area contributed by atoms with Crippen molar-refractivity contribution in [1.82, 2.24) is 4.98 Å². The van der Waals surface area contributed by atoms with Gasteiger partial charge in [0.05, 0.1) is 4.92 Å². The zero-order valence-corrected chi connectivity index (χ0v) is 11.0. The van der Waals surface area contributed by atoms with Crippen LogP contribution in [0.4, 0.5) is 11.5 Å². The van der Waals surface area contributed by atoms with Gasteiger partial charge < -0.3 is 5.32 Å². The van der Waals surface area contributed by atoms with E-state index >= 15 is 0 Å². The third kappa shape index (κ3) is 1.64. The van der Waals surface area contributed by atoms with Gasteiger partial charge in [-0.2, -0.15) is 0 Å². The van der Waals surface area contributed by atoms with E-state index < -0.39 is 4.92 Å². The number of rotatable bonds is 3. The molecule has 4 rings (SSSR count). The molecule has 100 valence electrons. The first-order valence-corrected chi connectivity index (χ1v) is 7.10. The molecule has 0 aromatic carbocycles. The summed E-state index contributed by atoms with van der Waals surface area (Å²) >= 11 is 5.84. The summed E-state index contributed by atoms with van der Waals surface area (Å²) in [4.78, 5) is 14.7. The first kappa shape index (κ1) is 11.5. The van der Waals surface area contributed by atoms with E-state index in [0.717, 1.165) is 11.8 Å². The SMILES string of the molecule is O=[N+]([O-])c1ccc(Cl)nc1NC1C2C3CCC(C3)C12. The van der Waals surface area contributed by atoms with Crippen LogP contribution in [0.5, 0.6) is 0 Å². The van der Waals surface area contributed by atoms with Crippen LogP contribution < -0.4 is 5.32 Å². The smallest absolute Gasteiger partial charge is 0.311 e. The number of anilines is 1. The number of pyridine rings is 1. The summed E-state index contributed by atoms with van der Waals surface area (Å²) in [5.41, 5.74) is 0.0155. The Morgan fingerprint density at radius 3 is 2.63 bits per heavy atom. The van der Waals surface area contributed by atoms with Gasteiger partial charge in [-0.1, -0.05) is 11.6 Å². The lowest BCUT2D eigenvalue weighted by molar-refractivity contribution is -0.384. The van der Waals surface area contributed by atoms with Gasteiger partial charge in [0.2, 0.25) is 5.82 Å². The normalized spacial score (nSPS) is 38.1. The monoisotopic (exact) mass is 279 g/mol. The number of hydrogen-bond donors (Lipinski definition) is 1. The lowest BCUT2D eigenvalue weighted by atomic mass is 10.0. The number of hydrogen-bond acceptors (Lipinski definition) is 4. The van der Waals surface area contributed by atoms with Gasteiger partial charge in [-0.25, -0.2) is 4.98 Å². The summed E-state index contributed by atoms with van der Waals surface area (Å²) in [6, 6.07) is 3.25. The van der Waals surface area contributed by atoms with Gasteiger partial charge in [-0.05, 0) is 49.0 Å². The van der Waals surface area contributed by atoms with Crippen molar-refractivity contribution in [2.24, 2.45) is 23.7 Å². The summed E-state index contributed by atoms with van der Waals surface area (Å²) < 4.78 is 0. The fourth-order valence-corrected chi connectivity index (χ4v) is 4.51. The Hall–Kier alpha value is -1.36. The molecule has 4 atom stereocenters. The first-order chi connectivity index (χ1) is 9.15. The Morgan fingerprint density at radius 1 is 1.32 bits per heavy atom. The summed E-state index contributed by atoms with van der Waals surface area (Å²) in [6.07, 6.45) is 4.02. The predicted molar refractivity (Wildman–Crippen MR) is 71.1 cm³/mol. The van der Waals surface area contributed by atoms with Crippen LogP contribution >= 0.6 is 11.6 Å². The van der Waals surface area contributed by atoms with Crippen LogP contribution in [0.3, 0.4) is 0 Å². The van der Waals surface area contributed by atoms with Crippen LogP contribution in [0.2, 0.25) is 5.15 Å². The van der Waals surface area contributed by atoms with Crippen molar-refractivity contribution in [3.63, 3.8) is 0 Å². The molecular weight excluding hydrogens is 266 g/mol. The van der Waals surface area contributed by atoms with Crippen molar-refractivity contribution in [1.29, 1.82) is 0 Å². The van der Waals surface area contributed by atoms with Crippen LogP contribution in [0.15, 0.2) is 12.1 Å². The quantitative estimate of drug-likeness (QED) is 0.524. The van der Waals surface area contributed by atoms with Crippen molar-refractivity contribution in [3.8, 4) is 0 Å². The highest BCUT2D eigenvalue weighted by molar-refractivity contribution is 6.29. The van der Waals surface area contributed by atoms with Crippen LogP contribution in [0.25, 0.3) is 0 Å². The largest absolute Gasteiger partial charge is 0.361 e. The highest BCUT2D eigenvalue weighted by Gasteiger charge is 2.65. The molecule has 19 heavy (non-hydrogen) atoms. The van der Waals surface area contributed by atoms with E-state index in [1.165, 1.54) is 31.4 Å². The molecule has 0 radical (unpaired) electrons. The predicted octanol–water partition coefficient (Wildman–Crippen LogP) is 3.10. The molecule has 3 aliphatic rings. The number of nitro groups is 1. The van der Waals surface area contributed by atoms with Gasteiger partial charge in [0.1, 0.15) is 5.15 Å². The molecule has 6 heteroatoms. The third-order valence-corrected chi connectivity index (χ3v) is 5.29. The molecular formula is C13H14ClN3O2. The zero-order valence-electron chi connectivity index (χ0n) is 10.3. The van der Waals surface area contributed by atoms with Crippen molar-refractivity contribution in [2.75, 3.05) is 5.32 Å². The minimum atomic E-state index is -0.404. The molecule has 3 saturated carbocycles. The average Bonchev–Trinajstić information content (AvgIpc) is 2.78. The second kappa shape index (κ2) is 3.82. The highest BCUT2D eigenvalue weighted by Crippen LogP contribution is 2.66. The second-order valence-electron chi connectivity index (χ2n) is 5.92. The minimum absolute atomic E-state index is 0.0155. The average molecular weight is 280 g/mol. The lowest BCUT2D eigenvalue weighted by Gasteiger charge is -2.11. The molecule has 3 fully saturated rings. The summed E-state index contributed by atoms with van der Waals surface area (Å²) in [7, 11) is 0. The Kier molecular flexibility index (Phi) is 2.31. The first-order valence-electron chi connectivity index (χ1n) is 6.72. The van der Waals surface area contributed by atoms with Gasteiger partial charge in [-0.15, -0.1) is 0 Å². The van der Waals surface area contributed by atoms with E-state index in [1.54, 1.807) is 0 Å². The van der Waals surface area contributed by atoms with Crippen LogP contribution in [0.1, 0.15) is 19.3 Å². The number of fused-ring (bicyclic) bond motifs is 5. The fourth-order valence-electron chi connectivity index (χ4n) is 4.36.